The van der Waals surface area contributed by atoms with E-state index in [2.05, 4.69) is 39.9 Å². The van der Waals surface area contributed by atoms with Gasteiger partial charge in [0.1, 0.15) is 22.6 Å². The molecule has 34 heteroatoms. The van der Waals surface area contributed by atoms with Crippen LogP contribution in [-0.4, -0.2) is 39.9 Å². The summed E-state index contributed by atoms with van der Waals surface area (Å²) in [6, 6.07) is 12.4. The SMILES string of the molecule is FC(F)(F)c1cc(-c2ccc(-c3cc(C(F)(F)F)cc(C(F)(F)F)c3)c3c2-c2nc-3nc3[nH]c(nc4nc(nc5[nH]c(n2)c2ccc(I)cc52)-c2c(-c5cc(C(F)(F)F)cc(C(F)(F)F)c5)ccc(-c5cc(C(F)(F)F)cc(C(F)(F)F)c5)c2-4)c2ccc(I)cc32)cc(C(F)(F)F)c1. The van der Waals surface area contributed by atoms with Crippen molar-refractivity contribution in [1.82, 2.24) is 39.9 Å². The molecule has 8 aromatic carbocycles. The molecule has 2 N–H and O–H groups in total. The number of nitrogens with one attached hydrogen (secondary N) is 2. The van der Waals surface area contributed by atoms with Gasteiger partial charge in [-0.05, 0) is 199 Å². The number of alkyl halides is 24. The van der Waals surface area contributed by atoms with Crippen LogP contribution < -0.4 is 0 Å². The molecule has 0 atom stereocenters. The van der Waals surface area contributed by atoms with E-state index >= 15 is 0 Å². The molecular weight excluding hydrogens is 1590 g/mol. The fourth-order valence-electron chi connectivity index (χ4n) is 11.4. The Bertz CT molecular complexity index is 4920. The van der Waals surface area contributed by atoms with E-state index in [0.717, 1.165) is 24.3 Å². The predicted octanol–water partition coefficient (Wildman–Crippen LogP) is 22.9. The first-order valence-electron chi connectivity index (χ1n) is 27.3. The van der Waals surface area contributed by atoms with Crippen LogP contribution in [0.2, 0.25) is 0 Å². The van der Waals surface area contributed by atoms with Crippen molar-refractivity contribution in [3.05, 3.63) is 185 Å². The molecule has 0 unspecified atom stereocenters. The molecule has 8 nitrogen and oxygen atoms in total. The van der Waals surface area contributed by atoms with E-state index in [0.29, 0.717) is 7.14 Å². The first-order valence-corrected chi connectivity index (χ1v) is 29.5. The summed E-state index contributed by atoms with van der Waals surface area (Å²) >= 11 is 3.57. The molecule has 0 aliphatic carbocycles. The van der Waals surface area contributed by atoms with Crippen molar-refractivity contribution in [2.75, 3.05) is 0 Å². The van der Waals surface area contributed by atoms with Gasteiger partial charge in [-0.15, -0.1) is 0 Å². The molecule has 0 amide bonds. The summed E-state index contributed by atoms with van der Waals surface area (Å²) in [5.74, 6) is -3.18. The molecule has 8 bridgehead atoms. The molecule has 13 rings (SSSR count). The van der Waals surface area contributed by atoms with Gasteiger partial charge in [0.2, 0.25) is 0 Å². The van der Waals surface area contributed by atoms with E-state index in [-0.39, 0.29) is 94.3 Å². The molecule has 98 heavy (non-hydrogen) atoms. The number of halogens is 26. The van der Waals surface area contributed by atoms with Gasteiger partial charge in [-0.1, -0.05) is 24.3 Å². The van der Waals surface area contributed by atoms with Gasteiger partial charge in [-0.3, -0.25) is 0 Å². The Labute approximate surface area is 556 Å². The van der Waals surface area contributed by atoms with Crippen molar-refractivity contribution in [3.8, 4) is 90.1 Å². The third kappa shape index (κ3) is 12.5. The number of aromatic amines is 2. The molecule has 0 saturated heterocycles. The Kier molecular flexibility index (Phi) is 15.6. The van der Waals surface area contributed by atoms with E-state index in [1.54, 1.807) is 45.2 Å². The Balaban J connectivity index is 1.24. The Morgan fingerprint density at radius 1 is 0.224 bits per heavy atom. The zero-order valence-corrected chi connectivity index (χ0v) is 51.5. The molecule has 3 aromatic heterocycles. The lowest BCUT2D eigenvalue weighted by Gasteiger charge is -2.19. The Hall–Kier alpha value is -9.10. The first kappa shape index (κ1) is 67.5. The second-order valence-electron chi connectivity index (χ2n) is 22.0. The zero-order chi connectivity index (χ0) is 70.8. The summed E-state index contributed by atoms with van der Waals surface area (Å²) in [5, 5.41) is -0.380. The van der Waals surface area contributed by atoms with Crippen LogP contribution in [0.3, 0.4) is 0 Å². The summed E-state index contributed by atoms with van der Waals surface area (Å²) in [6.07, 6.45) is -44.2. The minimum absolute atomic E-state index is 0.0920. The van der Waals surface area contributed by atoms with Crippen LogP contribution in [0.1, 0.15) is 44.5 Å². The minimum atomic E-state index is -5.53. The van der Waals surface area contributed by atoms with Crippen molar-refractivity contribution in [1.29, 1.82) is 0 Å². The van der Waals surface area contributed by atoms with Gasteiger partial charge in [0.05, 0.1) is 44.5 Å². The predicted molar refractivity (Wildman–Crippen MR) is 323 cm³/mol. The summed E-state index contributed by atoms with van der Waals surface area (Å²) in [5.41, 5.74) is -26.3. The number of rotatable bonds is 4. The fourth-order valence-corrected chi connectivity index (χ4v) is 12.4. The highest BCUT2D eigenvalue weighted by Gasteiger charge is 2.43. The highest BCUT2D eigenvalue weighted by Crippen LogP contribution is 2.53. The number of aromatic nitrogens is 8. The van der Waals surface area contributed by atoms with E-state index in [4.69, 9.17) is 0 Å². The normalized spacial score (nSPS) is 13.4. The maximum atomic E-state index is 14.7. The summed E-state index contributed by atoms with van der Waals surface area (Å²) in [6.45, 7) is 0. The van der Waals surface area contributed by atoms with Crippen LogP contribution in [0.25, 0.3) is 134 Å². The lowest BCUT2D eigenvalue weighted by Crippen LogP contribution is -2.11. The molecule has 0 spiro atoms. The lowest BCUT2D eigenvalue weighted by atomic mass is 9.87. The van der Waals surface area contributed by atoms with Crippen LogP contribution >= 0.6 is 45.2 Å². The number of nitrogens with zero attached hydrogens (tertiary/aromatic N) is 6. The second-order valence-corrected chi connectivity index (χ2v) is 24.5. The molecule has 2 aliphatic heterocycles. The summed E-state index contributed by atoms with van der Waals surface area (Å²) in [7, 11) is 0. The Morgan fingerprint density at radius 2 is 0.418 bits per heavy atom. The zero-order valence-electron chi connectivity index (χ0n) is 47.2. The molecule has 0 saturated carbocycles. The highest BCUT2D eigenvalue weighted by molar-refractivity contribution is 14.1. The summed E-state index contributed by atoms with van der Waals surface area (Å²) in [4.78, 5) is 33.5. The molecule has 0 fully saturated rings. The molecule has 2 aliphatic rings. The number of fused-ring (bicyclic) bond motifs is 20. The van der Waals surface area contributed by atoms with E-state index in [1.807, 2.05) is 0 Å². The third-order valence-electron chi connectivity index (χ3n) is 15.7. The van der Waals surface area contributed by atoms with E-state index in [1.165, 1.54) is 36.4 Å². The van der Waals surface area contributed by atoms with Gasteiger partial charge in [0.25, 0.3) is 0 Å². The Morgan fingerprint density at radius 3 is 0.612 bits per heavy atom. The number of hydrogen-bond acceptors (Lipinski definition) is 6. The third-order valence-corrected chi connectivity index (χ3v) is 17.0. The van der Waals surface area contributed by atoms with Crippen LogP contribution in [0.4, 0.5) is 105 Å². The maximum absolute atomic E-state index is 14.7. The fraction of sp³-hybridized carbons (Fsp3) is 0.125. The standard InChI is InChI=1S/C64H24F24I2N8/c65-57(66,67)27-9-23(10-28(17-27)58(68,69)70)37-5-7-39(25-13-31(61(77,78)79)19-32(14-25)62(80,81)82)47-45(37)53-93-49-41-3-1-35(89)21-43(41)51(91-49)95-55-48-40(26-15-33(63(83,84)85)20-34(16-26)64(86,87)88)8-6-38(24-11-29(59(71,72)73)18-30(12-24)60(74,75)76)46(48)54(98-55)94-50-42-4-2-36(90)22-44(42)52(92-50)96-56(47)97-53/h1-22H,(H2,91,92,93,94,95,96,97,98). The van der Waals surface area contributed by atoms with Crippen molar-refractivity contribution < 1.29 is 105 Å². The topological polar surface area (TPSA) is 109 Å². The van der Waals surface area contributed by atoms with Crippen molar-refractivity contribution in [3.63, 3.8) is 0 Å². The van der Waals surface area contributed by atoms with Gasteiger partial charge in [0, 0.05) is 50.9 Å². The van der Waals surface area contributed by atoms with Gasteiger partial charge >= 0.3 is 49.4 Å². The van der Waals surface area contributed by atoms with Gasteiger partial charge in [-0.2, -0.15) is 105 Å². The summed E-state index contributed by atoms with van der Waals surface area (Å²) < 4.78 is 355. The number of hydrogen-bond donors (Lipinski definition) is 2. The smallest absolute Gasteiger partial charge is 0.324 e. The largest absolute Gasteiger partial charge is 0.416 e. The average Bonchev–Trinajstić information content (AvgIpc) is 1.52. The van der Waals surface area contributed by atoms with Crippen LogP contribution in [0, 0.1) is 7.14 Å². The van der Waals surface area contributed by atoms with Crippen LogP contribution in [0.5, 0.6) is 0 Å². The van der Waals surface area contributed by atoms with Gasteiger partial charge < -0.3 is 9.97 Å². The highest BCUT2D eigenvalue weighted by atomic mass is 127. The van der Waals surface area contributed by atoms with E-state index < -0.39 is 207 Å². The molecular formula is C64H24F24I2N8. The molecule has 502 valence electrons. The maximum Gasteiger partial charge on any atom is 0.416 e. The van der Waals surface area contributed by atoms with Gasteiger partial charge in [0.15, 0.2) is 23.3 Å². The van der Waals surface area contributed by atoms with E-state index in [9.17, 15) is 105 Å². The van der Waals surface area contributed by atoms with Gasteiger partial charge in [-0.25, -0.2) is 29.9 Å². The number of benzene rings is 8. The van der Waals surface area contributed by atoms with Crippen molar-refractivity contribution in [2.24, 2.45) is 0 Å². The molecule has 5 heterocycles. The molecule has 0 radical (unpaired) electrons. The first-order chi connectivity index (χ1) is 45.4. The van der Waals surface area contributed by atoms with Crippen LogP contribution in [-0.2, 0) is 49.4 Å². The van der Waals surface area contributed by atoms with Crippen LogP contribution in [0.15, 0.2) is 133 Å². The minimum Gasteiger partial charge on any atom is -0.324 e. The monoisotopic (exact) mass is 1610 g/mol. The molecule has 11 aromatic rings. The average molecular weight is 1610 g/mol. The van der Waals surface area contributed by atoms with Crippen molar-refractivity contribution >= 4 is 89.3 Å². The second kappa shape index (κ2) is 22.7. The quantitative estimate of drug-likeness (QED) is 0.134. The van der Waals surface area contributed by atoms with Crippen molar-refractivity contribution in [2.45, 2.75) is 49.4 Å². The lowest BCUT2D eigenvalue weighted by molar-refractivity contribution is -0.144. The number of H-pyrrole nitrogens is 2.